The number of aryl methyl sites for hydroxylation is 1. The normalized spacial score (nSPS) is 11.0. The summed E-state index contributed by atoms with van der Waals surface area (Å²) in [6.45, 7) is 7.15. The summed E-state index contributed by atoms with van der Waals surface area (Å²) in [6, 6.07) is 7.12. The minimum atomic E-state index is -0.0996. The second-order valence-corrected chi connectivity index (χ2v) is 8.60. The Morgan fingerprint density at radius 2 is 2.15 bits per heavy atom. The summed E-state index contributed by atoms with van der Waals surface area (Å²) in [5.74, 6) is 1.03. The molecule has 0 radical (unpaired) electrons. The molecule has 1 N–H and O–H groups in total. The number of anilines is 1. The molecule has 142 valence electrons. The highest BCUT2D eigenvalue weighted by Gasteiger charge is 2.18. The number of aromatic nitrogens is 3. The number of carbonyl (C=O) groups is 1. The van der Waals surface area contributed by atoms with Crippen molar-refractivity contribution in [2.75, 3.05) is 11.1 Å². The number of nitrogens with one attached hydrogen (secondary N) is 1. The predicted octanol–water partition coefficient (Wildman–Crippen LogP) is 5.42. The topological polar surface area (TPSA) is 59.8 Å². The van der Waals surface area contributed by atoms with Crippen molar-refractivity contribution >= 4 is 46.3 Å². The number of thiophene rings is 1. The van der Waals surface area contributed by atoms with E-state index in [4.69, 9.17) is 11.6 Å². The Morgan fingerprint density at radius 3 is 2.81 bits per heavy atom. The van der Waals surface area contributed by atoms with Crippen LogP contribution in [0, 0.1) is 13.8 Å². The van der Waals surface area contributed by atoms with Gasteiger partial charge in [-0.05, 0) is 44.0 Å². The van der Waals surface area contributed by atoms with Crippen LogP contribution in [-0.2, 0) is 11.3 Å². The summed E-state index contributed by atoms with van der Waals surface area (Å²) in [7, 11) is 0. The number of amides is 1. The molecule has 0 aliphatic carbocycles. The van der Waals surface area contributed by atoms with Gasteiger partial charge in [0.15, 0.2) is 11.0 Å². The first-order chi connectivity index (χ1) is 13.0. The molecular formula is C19H21ClN4OS2. The molecule has 0 saturated heterocycles. The maximum absolute atomic E-state index is 12.3. The van der Waals surface area contributed by atoms with Crippen LogP contribution in [0.25, 0.3) is 11.4 Å². The van der Waals surface area contributed by atoms with Crippen molar-refractivity contribution in [1.29, 1.82) is 0 Å². The SMILES string of the molecule is CCCn1c(SCC(=O)Nc2cccc(Cl)c2)nnc1-c1csc(C)c1C. The lowest BCUT2D eigenvalue weighted by atomic mass is 10.1. The highest BCUT2D eigenvalue weighted by atomic mass is 35.5. The van der Waals surface area contributed by atoms with E-state index in [1.54, 1.807) is 29.5 Å². The van der Waals surface area contributed by atoms with Crippen LogP contribution in [-0.4, -0.2) is 26.4 Å². The Balaban J connectivity index is 1.73. The van der Waals surface area contributed by atoms with E-state index in [0.717, 1.165) is 29.5 Å². The molecule has 3 rings (SSSR count). The molecule has 0 bridgehead atoms. The van der Waals surface area contributed by atoms with Gasteiger partial charge in [-0.2, -0.15) is 0 Å². The largest absolute Gasteiger partial charge is 0.325 e. The maximum atomic E-state index is 12.3. The van der Waals surface area contributed by atoms with Crippen molar-refractivity contribution in [3.05, 3.63) is 45.1 Å². The average Bonchev–Trinajstić information content (AvgIpc) is 3.17. The number of hydrogen-bond acceptors (Lipinski definition) is 5. The fraction of sp³-hybridized carbons (Fsp3) is 0.316. The second kappa shape index (κ2) is 8.91. The zero-order valence-corrected chi connectivity index (χ0v) is 17.8. The van der Waals surface area contributed by atoms with Crippen molar-refractivity contribution in [2.24, 2.45) is 0 Å². The lowest BCUT2D eigenvalue weighted by Gasteiger charge is -2.09. The van der Waals surface area contributed by atoms with E-state index in [1.807, 2.05) is 6.07 Å². The van der Waals surface area contributed by atoms with Crippen LogP contribution in [0.3, 0.4) is 0 Å². The van der Waals surface area contributed by atoms with Crippen LogP contribution in [0.1, 0.15) is 23.8 Å². The molecule has 0 fully saturated rings. The average molecular weight is 421 g/mol. The third-order valence-electron chi connectivity index (χ3n) is 4.13. The zero-order chi connectivity index (χ0) is 19.4. The minimum absolute atomic E-state index is 0.0996. The second-order valence-electron chi connectivity index (χ2n) is 6.14. The number of benzene rings is 1. The summed E-state index contributed by atoms with van der Waals surface area (Å²) in [5, 5.41) is 15.1. The Hall–Kier alpha value is -1.83. The molecule has 8 heteroatoms. The van der Waals surface area contributed by atoms with Gasteiger partial charge in [-0.1, -0.05) is 36.4 Å². The van der Waals surface area contributed by atoms with Gasteiger partial charge in [0.05, 0.1) is 5.75 Å². The smallest absolute Gasteiger partial charge is 0.234 e. The molecule has 0 aliphatic rings. The first-order valence-electron chi connectivity index (χ1n) is 8.66. The molecule has 0 unspecified atom stereocenters. The van der Waals surface area contributed by atoms with Gasteiger partial charge in [0.2, 0.25) is 5.91 Å². The van der Waals surface area contributed by atoms with Gasteiger partial charge < -0.3 is 9.88 Å². The summed E-state index contributed by atoms with van der Waals surface area (Å²) < 4.78 is 2.10. The van der Waals surface area contributed by atoms with Gasteiger partial charge in [0.25, 0.3) is 0 Å². The Bertz CT molecular complexity index is 951. The molecule has 0 saturated carbocycles. The molecule has 3 aromatic rings. The molecule has 0 atom stereocenters. The number of halogens is 1. The van der Waals surface area contributed by atoms with E-state index in [-0.39, 0.29) is 11.7 Å². The summed E-state index contributed by atoms with van der Waals surface area (Å²) in [5.41, 5.74) is 3.04. The Kier molecular flexibility index (Phi) is 6.57. The fourth-order valence-corrected chi connectivity index (χ4v) is 4.47. The van der Waals surface area contributed by atoms with Crippen molar-refractivity contribution in [3.63, 3.8) is 0 Å². The van der Waals surface area contributed by atoms with Crippen molar-refractivity contribution in [2.45, 2.75) is 38.9 Å². The van der Waals surface area contributed by atoms with Gasteiger partial charge in [0, 0.05) is 33.1 Å². The monoisotopic (exact) mass is 420 g/mol. The van der Waals surface area contributed by atoms with E-state index < -0.39 is 0 Å². The lowest BCUT2D eigenvalue weighted by molar-refractivity contribution is -0.113. The highest BCUT2D eigenvalue weighted by molar-refractivity contribution is 7.99. The van der Waals surface area contributed by atoms with Crippen LogP contribution in [0.5, 0.6) is 0 Å². The van der Waals surface area contributed by atoms with Crippen molar-refractivity contribution in [1.82, 2.24) is 14.8 Å². The standard InChI is InChI=1S/C19H21ClN4OS2/c1-4-8-24-18(16-10-26-13(3)12(16)2)22-23-19(24)27-11-17(25)21-15-7-5-6-14(20)9-15/h5-7,9-10H,4,8,11H2,1-3H3,(H,21,25). The Labute approximate surface area is 172 Å². The predicted molar refractivity (Wildman–Crippen MR) is 114 cm³/mol. The number of thioether (sulfide) groups is 1. The molecule has 5 nitrogen and oxygen atoms in total. The summed E-state index contributed by atoms with van der Waals surface area (Å²) in [4.78, 5) is 13.6. The maximum Gasteiger partial charge on any atom is 0.234 e. The number of carbonyl (C=O) groups excluding carboxylic acids is 1. The first-order valence-corrected chi connectivity index (χ1v) is 10.9. The third kappa shape index (κ3) is 4.72. The minimum Gasteiger partial charge on any atom is -0.325 e. The van der Waals surface area contributed by atoms with E-state index in [2.05, 4.69) is 46.2 Å². The molecule has 0 aliphatic heterocycles. The molecule has 1 amide bonds. The number of hydrogen-bond donors (Lipinski definition) is 1. The molecule has 27 heavy (non-hydrogen) atoms. The van der Waals surface area contributed by atoms with Gasteiger partial charge in [-0.15, -0.1) is 21.5 Å². The van der Waals surface area contributed by atoms with Gasteiger partial charge in [0.1, 0.15) is 0 Å². The molecule has 2 aromatic heterocycles. The van der Waals surface area contributed by atoms with E-state index in [1.165, 1.54) is 22.2 Å². The van der Waals surface area contributed by atoms with E-state index in [0.29, 0.717) is 10.7 Å². The van der Waals surface area contributed by atoms with E-state index in [9.17, 15) is 4.79 Å². The van der Waals surface area contributed by atoms with Crippen molar-refractivity contribution < 1.29 is 4.79 Å². The van der Waals surface area contributed by atoms with Crippen LogP contribution < -0.4 is 5.32 Å². The van der Waals surface area contributed by atoms with Crippen LogP contribution >= 0.6 is 34.7 Å². The van der Waals surface area contributed by atoms with E-state index >= 15 is 0 Å². The van der Waals surface area contributed by atoms with Crippen LogP contribution in [0.15, 0.2) is 34.8 Å². The molecule has 1 aromatic carbocycles. The molecular weight excluding hydrogens is 400 g/mol. The van der Waals surface area contributed by atoms with Crippen LogP contribution in [0.2, 0.25) is 5.02 Å². The number of rotatable bonds is 7. The van der Waals surface area contributed by atoms with Gasteiger partial charge in [-0.3, -0.25) is 4.79 Å². The number of nitrogens with zero attached hydrogens (tertiary/aromatic N) is 3. The third-order valence-corrected chi connectivity index (χ3v) is 6.35. The Morgan fingerprint density at radius 1 is 1.33 bits per heavy atom. The molecule has 2 heterocycles. The lowest BCUT2D eigenvalue weighted by Crippen LogP contribution is -2.14. The fourth-order valence-electron chi connectivity index (χ4n) is 2.65. The van der Waals surface area contributed by atoms with Gasteiger partial charge in [-0.25, -0.2) is 0 Å². The zero-order valence-electron chi connectivity index (χ0n) is 15.5. The molecule has 0 spiro atoms. The summed E-state index contributed by atoms with van der Waals surface area (Å²) >= 11 is 9.07. The van der Waals surface area contributed by atoms with Crippen LogP contribution in [0.4, 0.5) is 5.69 Å². The first kappa shape index (κ1) is 19.9. The van der Waals surface area contributed by atoms with Crippen molar-refractivity contribution in [3.8, 4) is 11.4 Å². The summed E-state index contributed by atoms with van der Waals surface area (Å²) in [6.07, 6.45) is 0.968. The highest BCUT2D eigenvalue weighted by Crippen LogP contribution is 2.31. The van der Waals surface area contributed by atoms with Gasteiger partial charge >= 0.3 is 0 Å². The quantitative estimate of drug-likeness (QED) is 0.518.